The molecule has 24 heavy (non-hydrogen) atoms. The van der Waals surface area contributed by atoms with E-state index in [0.717, 1.165) is 47.2 Å². The number of nitrogens with zero attached hydrogens (tertiary/aromatic N) is 2. The molecule has 1 N–H and O–H groups in total. The molecule has 1 aromatic carbocycles. The minimum absolute atomic E-state index is 0.0389. The average Bonchev–Trinajstić information content (AvgIpc) is 3.31. The third-order valence-electron chi connectivity index (χ3n) is 4.35. The Morgan fingerprint density at radius 2 is 2.29 bits per heavy atom. The van der Waals surface area contributed by atoms with Crippen LogP contribution in [0, 0.1) is 6.92 Å². The average molecular weight is 345 g/mol. The quantitative estimate of drug-likeness (QED) is 0.928. The number of urea groups is 1. The van der Waals surface area contributed by atoms with Gasteiger partial charge in [0.25, 0.3) is 0 Å². The van der Waals surface area contributed by atoms with Crippen molar-refractivity contribution in [2.45, 2.75) is 32.4 Å². The van der Waals surface area contributed by atoms with Crippen molar-refractivity contribution in [3.8, 4) is 11.5 Å². The van der Waals surface area contributed by atoms with Gasteiger partial charge in [-0.3, -0.25) is 0 Å². The molecular weight excluding hydrogens is 326 g/mol. The van der Waals surface area contributed by atoms with E-state index in [9.17, 15) is 4.79 Å². The molecule has 0 saturated carbocycles. The van der Waals surface area contributed by atoms with E-state index in [1.807, 2.05) is 35.4 Å². The van der Waals surface area contributed by atoms with Crippen LogP contribution in [0.15, 0.2) is 23.6 Å². The van der Waals surface area contributed by atoms with Crippen LogP contribution in [0.1, 0.15) is 35.1 Å². The number of nitrogens with one attached hydrogen (secondary N) is 1. The van der Waals surface area contributed by atoms with Gasteiger partial charge in [0.15, 0.2) is 11.5 Å². The maximum Gasteiger partial charge on any atom is 0.318 e. The summed E-state index contributed by atoms with van der Waals surface area (Å²) in [5, 5.41) is 5.91. The highest BCUT2D eigenvalue weighted by molar-refractivity contribution is 7.09. The summed E-state index contributed by atoms with van der Waals surface area (Å²) in [6.07, 6.45) is 1.96. The van der Waals surface area contributed by atoms with Gasteiger partial charge in [-0.05, 0) is 37.5 Å². The molecule has 2 aromatic rings. The summed E-state index contributed by atoms with van der Waals surface area (Å²) in [5.74, 6) is 1.53. The van der Waals surface area contributed by atoms with Crippen LogP contribution in [-0.4, -0.2) is 29.3 Å². The standard InChI is InChI=1S/C17H19N3O3S/c1-11-9-24-16(19-11)8-18-17(21)20-6-2-3-13(20)12-4-5-14-15(7-12)23-10-22-14/h4-5,7,9,13H,2-3,6,8,10H2,1H3,(H,18,21). The van der Waals surface area contributed by atoms with E-state index in [2.05, 4.69) is 10.3 Å². The summed E-state index contributed by atoms with van der Waals surface area (Å²) < 4.78 is 10.8. The van der Waals surface area contributed by atoms with Crippen molar-refractivity contribution in [2.75, 3.05) is 13.3 Å². The highest BCUT2D eigenvalue weighted by Gasteiger charge is 2.31. The molecule has 126 valence electrons. The highest BCUT2D eigenvalue weighted by atomic mass is 32.1. The van der Waals surface area contributed by atoms with Crippen LogP contribution < -0.4 is 14.8 Å². The van der Waals surface area contributed by atoms with Gasteiger partial charge in [-0.1, -0.05) is 6.07 Å². The van der Waals surface area contributed by atoms with Crippen LogP contribution >= 0.6 is 11.3 Å². The fraction of sp³-hybridized carbons (Fsp3) is 0.412. The van der Waals surface area contributed by atoms with E-state index in [1.165, 1.54) is 0 Å². The molecule has 1 unspecified atom stereocenters. The van der Waals surface area contributed by atoms with Gasteiger partial charge in [-0.15, -0.1) is 11.3 Å². The second kappa shape index (κ2) is 6.32. The van der Waals surface area contributed by atoms with Gasteiger partial charge in [0.05, 0.1) is 12.6 Å². The number of carbonyl (C=O) groups is 1. The molecule has 0 aliphatic carbocycles. The first kappa shape index (κ1) is 15.3. The van der Waals surface area contributed by atoms with Gasteiger partial charge in [-0.2, -0.15) is 0 Å². The number of likely N-dealkylation sites (tertiary alicyclic amines) is 1. The van der Waals surface area contributed by atoms with E-state index in [4.69, 9.17) is 9.47 Å². The summed E-state index contributed by atoms with van der Waals surface area (Å²) in [6, 6.07) is 5.97. The number of benzene rings is 1. The Balaban J connectivity index is 1.45. The molecular formula is C17H19N3O3S. The van der Waals surface area contributed by atoms with Crippen molar-refractivity contribution < 1.29 is 14.3 Å². The fourth-order valence-electron chi connectivity index (χ4n) is 3.21. The number of thiazole rings is 1. The lowest BCUT2D eigenvalue weighted by atomic mass is 10.0. The third kappa shape index (κ3) is 2.91. The molecule has 0 bridgehead atoms. The van der Waals surface area contributed by atoms with Gasteiger partial charge in [0.2, 0.25) is 6.79 Å². The zero-order valence-corrected chi connectivity index (χ0v) is 14.3. The molecule has 3 heterocycles. The van der Waals surface area contributed by atoms with Gasteiger partial charge >= 0.3 is 6.03 Å². The number of aromatic nitrogens is 1. The number of amides is 2. The Labute approximate surface area is 144 Å². The zero-order chi connectivity index (χ0) is 16.5. The Hall–Kier alpha value is -2.28. The molecule has 1 atom stereocenters. The van der Waals surface area contributed by atoms with E-state index in [0.29, 0.717) is 6.54 Å². The summed E-state index contributed by atoms with van der Waals surface area (Å²) in [4.78, 5) is 18.9. The first-order valence-electron chi connectivity index (χ1n) is 8.06. The molecule has 2 aliphatic heterocycles. The second-order valence-electron chi connectivity index (χ2n) is 6.01. The van der Waals surface area contributed by atoms with Crippen molar-refractivity contribution in [3.05, 3.63) is 39.8 Å². The van der Waals surface area contributed by atoms with Gasteiger partial charge in [0.1, 0.15) is 5.01 Å². The number of aryl methyl sites for hydroxylation is 1. The van der Waals surface area contributed by atoms with Crippen molar-refractivity contribution in [1.82, 2.24) is 15.2 Å². The van der Waals surface area contributed by atoms with E-state index in [-0.39, 0.29) is 18.9 Å². The number of carbonyl (C=O) groups excluding carboxylic acids is 1. The highest BCUT2D eigenvalue weighted by Crippen LogP contribution is 2.38. The Bertz CT molecular complexity index is 761. The minimum Gasteiger partial charge on any atom is -0.454 e. The number of hydrogen-bond donors (Lipinski definition) is 1. The molecule has 6 nitrogen and oxygen atoms in total. The Morgan fingerprint density at radius 3 is 3.12 bits per heavy atom. The number of hydrogen-bond acceptors (Lipinski definition) is 5. The predicted octanol–water partition coefficient (Wildman–Crippen LogP) is 3.23. The first-order valence-corrected chi connectivity index (χ1v) is 8.94. The van der Waals surface area contributed by atoms with Gasteiger partial charge < -0.3 is 19.7 Å². The normalized spacial score (nSPS) is 18.9. The lowest BCUT2D eigenvalue weighted by molar-refractivity contribution is 0.173. The van der Waals surface area contributed by atoms with Crippen LogP contribution in [0.5, 0.6) is 11.5 Å². The van der Waals surface area contributed by atoms with E-state index in [1.54, 1.807) is 11.3 Å². The Kier molecular flexibility index (Phi) is 4.02. The summed E-state index contributed by atoms with van der Waals surface area (Å²) in [7, 11) is 0. The molecule has 1 fully saturated rings. The maximum atomic E-state index is 12.6. The number of fused-ring (bicyclic) bond motifs is 1. The lowest BCUT2D eigenvalue weighted by Gasteiger charge is -2.25. The first-order chi connectivity index (χ1) is 11.7. The van der Waals surface area contributed by atoms with Crippen molar-refractivity contribution >= 4 is 17.4 Å². The topological polar surface area (TPSA) is 63.7 Å². The van der Waals surface area contributed by atoms with Crippen LogP contribution in [0.4, 0.5) is 4.79 Å². The van der Waals surface area contributed by atoms with Crippen LogP contribution in [-0.2, 0) is 6.54 Å². The van der Waals surface area contributed by atoms with Gasteiger partial charge in [-0.25, -0.2) is 9.78 Å². The van der Waals surface area contributed by atoms with Crippen molar-refractivity contribution in [3.63, 3.8) is 0 Å². The molecule has 0 spiro atoms. The van der Waals surface area contributed by atoms with Gasteiger partial charge in [0, 0.05) is 17.6 Å². The van der Waals surface area contributed by atoms with Crippen LogP contribution in [0.25, 0.3) is 0 Å². The predicted molar refractivity (Wildman–Crippen MR) is 90.3 cm³/mol. The number of rotatable bonds is 3. The summed E-state index contributed by atoms with van der Waals surface area (Å²) in [6.45, 7) is 3.46. The molecule has 0 radical (unpaired) electrons. The number of ether oxygens (including phenoxy) is 2. The maximum absolute atomic E-state index is 12.6. The SMILES string of the molecule is Cc1csc(CNC(=O)N2CCCC2c2ccc3c(c2)OCO3)n1. The van der Waals surface area contributed by atoms with Crippen molar-refractivity contribution in [1.29, 1.82) is 0 Å². The van der Waals surface area contributed by atoms with Crippen LogP contribution in [0.2, 0.25) is 0 Å². The monoisotopic (exact) mass is 345 g/mol. The van der Waals surface area contributed by atoms with E-state index >= 15 is 0 Å². The molecule has 2 amide bonds. The fourth-order valence-corrected chi connectivity index (χ4v) is 3.92. The zero-order valence-electron chi connectivity index (χ0n) is 13.4. The molecule has 4 rings (SSSR count). The van der Waals surface area contributed by atoms with E-state index < -0.39 is 0 Å². The lowest BCUT2D eigenvalue weighted by Crippen LogP contribution is -2.39. The summed E-state index contributed by atoms with van der Waals surface area (Å²) >= 11 is 1.57. The molecule has 1 aromatic heterocycles. The molecule has 7 heteroatoms. The largest absolute Gasteiger partial charge is 0.454 e. The minimum atomic E-state index is -0.0389. The second-order valence-corrected chi connectivity index (χ2v) is 6.95. The van der Waals surface area contributed by atoms with Crippen molar-refractivity contribution in [2.24, 2.45) is 0 Å². The Morgan fingerprint density at radius 1 is 1.42 bits per heavy atom. The third-order valence-corrected chi connectivity index (χ3v) is 5.32. The molecule has 2 aliphatic rings. The summed E-state index contributed by atoms with van der Waals surface area (Å²) in [5.41, 5.74) is 2.08. The smallest absolute Gasteiger partial charge is 0.318 e. The van der Waals surface area contributed by atoms with Crippen LogP contribution in [0.3, 0.4) is 0 Å². The molecule has 1 saturated heterocycles.